The van der Waals surface area contributed by atoms with Gasteiger partial charge in [-0.05, 0) is 113 Å². The number of nitrogens with two attached hydrogens (primary N) is 2. The van der Waals surface area contributed by atoms with Crippen LogP contribution >= 0.6 is 18.1 Å². The van der Waals surface area contributed by atoms with Crippen molar-refractivity contribution in [1.82, 2.24) is 63.5 Å². The molecule has 4 aromatic heterocycles. The zero-order valence-corrected chi connectivity index (χ0v) is 42.3. The van der Waals surface area contributed by atoms with Crippen LogP contribution in [0.5, 0.6) is 23.0 Å². The van der Waals surface area contributed by atoms with E-state index < -0.39 is 0 Å². The number of nitrogen functional groups attached to an aromatic ring is 2. The number of anilines is 2. The second kappa shape index (κ2) is 19.4. The third-order valence-electron chi connectivity index (χ3n) is 15.5. The monoisotopic (exact) mass is 999 g/mol. The molecule has 8 aromatic rings. The molecule has 9 heterocycles. The molecule has 0 spiro atoms. The lowest BCUT2D eigenvalue weighted by atomic mass is 9.97. The van der Waals surface area contributed by atoms with E-state index in [0.717, 1.165) is 159 Å². The molecule has 0 saturated carbocycles. The van der Waals surface area contributed by atoms with Gasteiger partial charge in [0.15, 0.2) is 11.3 Å². The van der Waals surface area contributed by atoms with Crippen molar-refractivity contribution < 1.29 is 9.47 Å². The number of hydrogen-bond donors (Lipinski definition) is 2. The van der Waals surface area contributed by atoms with Crippen molar-refractivity contribution in [3.05, 3.63) is 116 Å². The number of nitrogens with zero attached hydrogens (tertiary/aromatic N) is 13. The maximum absolute atomic E-state index is 6.50. The van der Waals surface area contributed by atoms with Gasteiger partial charge in [-0.3, -0.25) is 24.0 Å². The van der Waals surface area contributed by atoms with Crippen LogP contribution in [0.25, 0.3) is 44.6 Å². The molecule has 2 unspecified atom stereocenters. The standard InChI is InChI=1S/C53H59N15O2P2/c54-50-46-48(34-9-13-42(14-10-34)69-41-5-2-1-3-6-41)60-67(52(46)58-32-56-50)36-17-21-62(22-18-36)38-26-64(27-38)40-30-66(31-40)72-45-8-4-7-44(25-45)70-43-15-11-35(12-16-43)49-47-51(55)57-33-59-53(47)68(61-49)37-19-23-63(24-20-37)39-28-65(71)29-39/h1-16,25,32-33,36-40,72H,17-24,26-31,71H2,(H2,54,56,58)(H2,55,57,59). The van der Waals surface area contributed by atoms with Gasteiger partial charge in [0.25, 0.3) is 0 Å². The van der Waals surface area contributed by atoms with Crippen LogP contribution in [-0.2, 0) is 0 Å². The summed E-state index contributed by atoms with van der Waals surface area (Å²) >= 11 is 0. The normalized spacial score (nSPS) is 19.8. The van der Waals surface area contributed by atoms with E-state index in [1.54, 1.807) is 12.7 Å². The van der Waals surface area contributed by atoms with Gasteiger partial charge in [-0.25, -0.2) is 29.3 Å². The Hall–Kier alpha value is -6.16. The molecule has 0 amide bonds. The summed E-state index contributed by atoms with van der Waals surface area (Å²) in [6.45, 7) is 10.9. The first-order chi connectivity index (χ1) is 35.3. The van der Waals surface area contributed by atoms with E-state index in [1.807, 2.05) is 72.8 Å². The molecule has 17 nitrogen and oxygen atoms in total. The summed E-state index contributed by atoms with van der Waals surface area (Å²) in [5.41, 5.74) is 18.1. The lowest BCUT2D eigenvalue weighted by Gasteiger charge is -2.55. The molecule has 5 fully saturated rings. The van der Waals surface area contributed by atoms with Gasteiger partial charge in [0.2, 0.25) is 0 Å². The highest BCUT2D eigenvalue weighted by atomic mass is 31.1. The molecule has 0 bridgehead atoms. The molecule has 0 aliphatic carbocycles. The van der Waals surface area contributed by atoms with Crippen molar-refractivity contribution in [1.29, 1.82) is 0 Å². The smallest absolute Gasteiger partial charge is 0.164 e. The number of likely N-dealkylation sites (tertiary alicyclic amines) is 3. The summed E-state index contributed by atoms with van der Waals surface area (Å²) in [5, 5.41) is 13.2. The van der Waals surface area contributed by atoms with Crippen LogP contribution in [0.15, 0.2) is 116 Å². The molecule has 19 heteroatoms. The van der Waals surface area contributed by atoms with Crippen LogP contribution in [0.1, 0.15) is 37.8 Å². The number of fused-ring (bicyclic) bond motifs is 2. The molecule has 0 radical (unpaired) electrons. The predicted octanol–water partition coefficient (Wildman–Crippen LogP) is 7.08. The van der Waals surface area contributed by atoms with Crippen LogP contribution in [0.2, 0.25) is 0 Å². The second-order valence-electron chi connectivity index (χ2n) is 20.0. The minimum absolute atomic E-state index is 0.241. The lowest BCUT2D eigenvalue weighted by Crippen LogP contribution is -2.69. The quantitative estimate of drug-likeness (QED) is 0.112. The molecule has 368 valence electrons. The molecule has 4 aromatic carbocycles. The Morgan fingerprint density at radius 2 is 0.958 bits per heavy atom. The molecule has 72 heavy (non-hydrogen) atoms. The Morgan fingerprint density at radius 3 is 1.49 bits per heavy atom. The summed E-state index contributed by atoms with van der Waals surface area (Å²) in [7, 11) is 3.42. The highest BCUT2D eigenvalue weighted by Crippen LogP contribution is 2.39. The minimum atomic E-state index is 0.241. The van der Waals surface area contributed by atoms with E-state index in [2.05, 4.69) is 88.1 Å². The van der Waals surface area contributed by atoms with Crippen molar-refractivity contribution >= 4 is 57.1 Å². The maximum atomic E-state index is 6.50. The summed E-state index contributed by atoms with van der Waals surface area (Å²) in [6, 6.07) is 36.8. The summed E-state index contributed by atoms with van der Waals surface area (Å²) in [4.78, 5) is 26.1. The van der Waals surface area contributed by atoms with E-state index in [1.165, 1.54) is 5.30 Å². The van der Waals surface area contributed by atoms with E-state index in [4.69, 9.17) is 36.1 Å². The molecule has 5 saturated heterocycles. The van der Waals surface area contributed by atoms with E-state index in [0.29, 0.717) is 38.5 Å². The molecule has 13 rings (SSSR count). The van der Waals surface area contributed by atoms with Crippen molar-refractivity contribution in [2.45, 2.75) is 55.9 Å². The highest BCUT2D eigenvalue weighted by molar-refractivity contribution is 7.44. The number of benzene rings is 4. The third kappa shape index (κ3) is 8.95. The van der Waals surface area contributed by atoms with Crippen LogP contribution < -0.4 is 26.2 Å². The van der Waals surface area contributed by atoms with E-state index in [9.17, 15) is 0 Å². The SMILES string of the molecule is Nc1ncnc2c1c(-c1ccc(Oc3cccc(PN4CC(N5CC(N6CCC(n7nc(-c8ccc(Oc9ccccc9)cc8)c8c(N)ncnc87)CC6)C5)C4)c3)cc1)nn2C1CCN(C2CN(P)C2)CC1. The highest BCUT2D eigenvalue weighted by Gasteiger charge is 2.42. The number of hydrogen-bond acceptors (Lipinski definition) is 15. The molecule has 4 N–H and O–H groups in total. The Kier molecular flexibility index (Phi) is 12.3. The van der Waals surface area contributed by atoms with Gasteiger partial charge in [-0.2, -0.15) is 10.2 Å². The topological polar surface area (TPSA) is 174 Å². The van der Waals surface area contributed by atoms with Gasteiger partial charge in [-0.1, -0.05) is 39.7 Å². The fourth-order valence-corrected chi connectivity index (χ4v) is 13.2. The van der Waals surface area contributed by atoms with Crippen LogP contribution in [-0.4, -0.2) is 147 Å². The molecular formula is C53H59N15O2P2. The number of ether oxygens (including phenoxy) is 2. The average Bonchev–Trinajstić information content (AvgIpc) is 3.97. The Balaban J connectivity index is 0.583. The van der Waals surface area contributed by atoms with Gasteiger partial charge in [-0.15, -0.1) is 0 Å². The maximum Gasteiger partial charge on any atom is 0.164 e. The van der Waals surface area contributed by atoms with Gasteiger partial charge >= 0.3 is 0 Å². The number of aromatic nitrogens is 8. The zero-order valence-electron chi connectivity index (χ0n) is 40.1. The van der Waals surface area contributed by atoms with Crippen LogP contribution in [0.3, 0.4) is 0 Å². The molecule has 5 aliphatic rings. The fraction of sp³-hybridized carbons (Fsp3) is 0.358. The average molecular weight is 1000 g/mol. The second-order valence-corrected chi connectivity index (χ2v) is 22.2. The van der Waals surface area contributed by atoms with Crippen LogP contribution in [0, 0.1) is 0 Å². The molecule has 5 aliphatic heterocycles. The van der Waals surface area contributed by atoms with Crippen molar-refractivity contribution in [3.8, 4) is 45.5 Å². The van der Waals surface area contributed by atoms with Crippen molar-refractivity contribution in [2.75, 3.05) is 76.9 Å². The first kappa shape index (κ1) is 45.7. The lowest BCUT2D eigenvalue weighted by molar-refractivity contribution is -0.0371. The van der Waals surface area contributed by atoms with Gasteiger partial charge in [0.1, 0.15) is 58.7 Å². The van der Waals surface area contributed by atoms with Crippen molar-refractivity contribution in [3.63, 3.8) is 0 Å². The largest absolute Gasteiger partial charge is 0.457 e. The van der Waals surface area contributed by atoms with E-state index in [-0.39, 0.29) is 12.1 Å². The van der Waals surface area contributed by atoms with Crippen molar-refractivity contribution in [2.24, 2.45) is 0 Å². The molecular weight excluding hydrogens is 941 g/mol. The van der Waals surface area contributed by atoms with Crippen LogP contribution in [0.4, 0.5) is 11.6 Å². The number of rotatable bonds is 13. The Morgan fingerprint density at radius 1 is 0.486 bits per heavy atom. The first-order valence-corrected chi connectivity index (χ1v) is 26.7. The Bertz CT molecular complexity index is 3200. The van der Waals surface area contributed by atoms with Gasteiger partial charge < -0.3 is 20.9 Å². The number of para-hydroxylation sites is 1. The Labute approximate surface area is 422 Å². The number of piperidine rings is 2. The van der Waals surface area contributed by atoms with Gasteiger partial charge in [0.05, 0.1) is 22.9 Å². The summed E-state index contributed by atoms with van der Waals surface area (Å²) in [6.07, 6.45) is 7.20. The molecule has 2 atom stereocenters. The first-order valence-electron chi connectivity index (χ1n) is 25.3. The third-order valence-corrected chi connectivity index (χ3v) is 17.2. The fourth-order valence-electron chi connectivity index (χ4n) is 11.3. The van der Waals surface area contributed by atoms with E-state index >= 15 is 0 Å². The predicted molar refractivity (Wildman–Crippen MR) is 287 cm³/mol. The summed E-state index contributed by atoms with van der Waals surface area (Å²) < 4.78 is 21.5. The minimum Gasteiger partial charge on any atom is -0.457 e. The summed E-state index contributed by atoms with van der Waals surface area (Å²) in [5.74, 6) is 4.07. The van der Waals surface area contributed by atoms with Gasteiger partial charge in [0, 0.05) is 94.7 Å². The zero-order chi connectivity index (χ0) is 48.3.